The van der Waals surface area contributed by atoms with Crippen LogP contribution in [0, 0.1) is 0 Å². The SMILES string of the molecule is CC[N+](CC)(CC)CCCCCCCCCCCCCCCCO.[Br-]. The maximum atomic E-state index is 8.73. The minimum Gasteiger partial charge on any atom is -1.00 e. The predicted octanol–water partition coefficient (Wildman–Crippen LogP) is 3.32. The van der Waals surface area contributed by atoms with Crippen molar-refractivity contribution in [2.24, 2.45) is 0 Å². The van der Waals surface area contributed by atoms with Gasteiger partial charge in [-0.2, -0.15) is 0 Å². The molecule has 2 nitrogen and oxygen atoms in total. The molecule has 0 saturated heterocycles. The van der Waals surface area contributed by atoms with Crippen LogP contribution in [0.15, 0.2) is 0 Å². The predicted molar refractivity (Wildman–Crippen MR) is 108 cm³/mol. The van der Waals surface area contributed by atoms with E-state index in [9.17, 15) is 0 Å². The molecule has 0 aromatic heterocycles. The molecule has 0 aromatic rings. The summed E-state index contributed by atoms with van der Waals surface area (Å²) >= 11 is 0. The van der Waals surface area contributed by atoms with E-state index >= 15 is 0 Å². The van der Waals surface area contributed by atoms with E-state index in [-0.39, 0.29) is 17.0 Å². The molecule has 3 heteroatoms. The Bertz CT molecular complexity index is 236. The van der Waals surface area contributed by atoms with Gasteiger partial charge >= 0.3 is 0 Å². The topological polar surface area (TPSA) is 20.2 Å². The molecule has 0 aliphatic rings. The van der Waals surface area contributed by atoms with Gasteiger partial charge in [0.1, 0.15) is 0 Å². The number of rotatable bonds is 19. The van der Waals surface area contributed by atoms with Crippen LogP contribution in [-0.2, 0) is 0 Å². The van der Waals surface area contributed by atoms with Crippen molar-refractivity contribution in [3.63, 3.8) is 0 Å². The smallest absolute Gasteiger partial charge is 0.0786 e. The third-order valence-electron chi connectivity index (χ3n) is 6.05. The van der Waals surface area contributed by atoms with Gasteiger partial charge in [-0.15, -0.1) is 0 Å². The Hall–Kier alpha value is 0.400. The Balaban J connectivity index is 0. The molecular formula is C22H48BrNO. The minimum atomic E-state index is 0. The molecule has 154 valence electrons. The molecule has 0 atom stereocenters. The molecule has 25 heavy (non-hydrogen) atoms. The van der Waals surface area contributed by atoms with Gasteiger partial charge < -0.3 is 26.6 Å². The van der Waals surface area contributed by atoms with Crippen molar-refractivity contribution >= 4 is 0 Å². The number of hydrogen-bond acceptors (Lipinski definition) is 1. The van der Waals surface area contributed by atoms with Crippen LogP contribution in [0.5, 0.6) is 0 Å². The van der Waals surface area contributed by atoms with Crippen LogP contribution in [-0.4, -0.2) is 42.4 Å². The Kier molecular flexibility index (Phi) is 22.9. The Labute approximate surface area is 170 Å². The summed E-state index contributed by atoms with van der Waals surface area (Å²) in [6.07, 6.45) is 19.2. The standard InChI is InChI=1S/C22H48NO.BrH/c1-4-23(5-2,6-3)21-19-17-15-13-11-9-7-8-10-12-14-16-18-20-22-24;/h24H,4-22H2,1-3H3;1H/q+1;/p-1. The van der Waals surface area contributed by atoms with Crippen molar-refractivity contribution in [1.82, 2.24) is 0 Å². The average Bonchev–Trinajstić information content (AvgIpc) is 2.62. The first-order chi connectivity index (χ1) is 11.7. The molecule has 1 N–H and O–H groups in total. The molecule has 0 spiro atoms. The van der Waals surface area contributed by atoms with Crippen molar-refractivity contribution in [3.8, 4) is 0 Å². The van der Waals surface area contributed by atoms with Crippen molar-refractivity contribution in [3.05, 3.63) is 0 Å². The van der Waals surface area contributed by atoms with Crippen LogP contribution in [0.4, 0.5) is 0 Å². The van der Waals surface area contributed by atoms with Crippen molar-refractivity contribution in [2.45, 2.75) is 111 Å². The summed E-state index contributed by atoms with van der Waals surface area (Å²) in [5, 5.41) is 8.73. The van der Waals surface area contributed by atoms with Gasteiger partial charge in [0, 0.05) is 6.61 Å². The van der Waals surface area contributed by atoms with Gasteiger partial charge in [0.15, 0.2) is 0 Å². The number of unbranched alkanes of at least 4 members (excludes halogenated alkanes) is 13. The molecule has 0 saturated carbocycles. The number of aliphatic hydroxyl groups excluding tert-OH is 1. The zero-order valence-corrected chi connectivity index (χ0v) is 19.3. The van der Waals surface area contributed by atoms with E-state index in [1.165, 1.54) is 114 Å². The lowest BCUT2D eigenvalue weighted by atomic mass is 10.0. The quantitative estimate of drug-likeness (QED) is 0.250. The molecule has 0 bridgehead atoms. The highest BCUT2D eigenvalue weighted by Gasteiger charge is 2.19. The van der Waals surface area contributed by atoms with E-state index in [0.717, 1.165) is 6.42 Å². The first-order valence-electron chi connectivity index (χ1n) is 11.2. The molecule has 0 radical (unpaired) electrons. The van der Waals surface area contributed by atoms with Gasteiger partial charge in [-0.3, -0.25) is 0 Å². The van der Waals surface area contributed by atoms with Gasteiger partial charge in [-0.05, 0) is 40.0 Å². The number of quaternary nitrogens is 1. The lowest BCUT2D eigenvalue weighted by molar-refractivity contribution is -0.923. The van der Waals surface area contributed by atoms with Crippen LogP contribution in [0.1, 0.15) is 111 Å². The number of halogens is 1. The lowest BCUT2D eigenvalue weighted by Crippen LogP contribution is -3.00. The van der Waals surface area contributed by atoms with Crippen LogP contribution < -0.4 is 17.0 Å². The zero-order valence-electron chi connectivity index (χ0n) is 17.7. The molecule has 0 aliphatic carbocycles. The van der Waals surface area contributed by atoms with Gasteiger partial charge in [0.05, 0.1) is 26.2 Å². The Morgan fingerprint density at radius 1 is 0.480 bits per heavy atom. The molecule has 0 aromatic carbocycles. The maximum Gasteiger partial charge on any atom is 0.0786 e. The van der Waals surface area contributed by atoms with Crippen LogP contribution in [0.25, 0.3) is 0 Å². The largest absolute Gasteiger partial charge is 1.00 e. The van der Waals surface area contributed by atoms with Crippen LogP contribution in [0.2, 0.25) is 0 Å². The highest BCUT2D eigenvalue weighted by Crippen LogP contribution is 2.14. The second-order valence-corrected chi connectivity index (χ2v) is 7.69. The van der Waals surface area contributed by atoms with E-state index in [0.29, 0.717) is 6.61 Å². The maximum absolute atomic E-state index is 8.73. The summed E-state index contributed by atoms with van der Waals surface area (Å²) in [4.78, 5) is 0. The van der Waals surface area contributed by atoms with Gasteiger partial charge in [0.2, 0.25) is 0 Å². The fraction of sp³-hybridized carbons (Fsp3) is 1.00. The van der Waals surface area contributed by atoms with Gasteiger partial charge in [-0.1, -0.05) is 70.6 Å². The van der Waals surface area contributed by atoms with Crippen molar-refractivity contribution < 1.29 is 26.6 Å². The van der Waals surface area contributed by atoms with Crippen LogP contribution in [0.3, 0.4) is 0 Å². The second-order valence-electron chi connectivity index (χ2n) is 7.69. The van der Waals surface area contributed by atoms with E-state index in [1.807, 2.05) is 0 Å². The minimum absolute atomic E-state index is 0. The number of aliphatic hydroxyl groups is 1. The monoisotopic (exact) mass is 421 g/mol. The molecule has 0 aliphatic heterocycles. The van der Waals surface area contributed by atoms with Crippen LogP contribution >= 0.6 is 0 Å². The van der Waals surface area contributed by atoms with E-state index in [1.54, 1.807) is 0 Å². The number of hydrogen-bond donors (Lipinski definition) is 1. The molecule has 0 fully saturated rings. The molecular weight excluding hydrogens is 374 g/mol. The van der Waals surface area contributed by atoms with Gasteiger partial charge in [0.25, 0.3) is 0 Å². The third-order valence-corrected chi connectivity index (χ3v) is 6.05. The summed E-state index contributed by atoms with van der Waals surface area (Å²) in [6, 6.07) is 0. The van der Waals surface area contributed by atoms with Crippen molar-refractivity contribution in [1.29, 1.82) is 0 Å². The fourth-order valence-corrected chi connectivity index (χ4v) is 3.83. The summed E-state index contributed by atoms with van der Waals surface area (Å²) in [7, 11) is 0. The van der Waals surface area contributed by atoms with Crippen molar-refractivity contribution in [2.75, 3.05) is 32.8 Å². The lowest BCUT2D eigenvalue weighted by Gasteiger charge is -2.35. The molecule has 0 amide bonds. The summed E-state index contributed by atoms with van der Waals surface area (Å²) < 4.78 is 1.32. The van der Waals surface area contributed by atoms with Gasteiger partial charge in [-0.25, -0.2) is 0 Å². The second kappa shape index (κ2) is 20.7. The molecule has 0 unspecified atom stereocenters. The van der Waals surface area contributed by atoms with E-state index in [2.05, 4.69) is 20.8 Å². The molecule has 0 heterocycles. The summed E-state index contributed by atoms with van der Waals surface area (Å²) in [5.74, 6) is 0. The Morgan fingerprint density at radius 3 is 1.04 bits per heavy atom. The first-order valence-corrected chi connectivity index (χ1v) is 11.2. The van der Waals surface area contributed by atoms with E-state index in [4.69, 9.17) is 5.11 Å². The average molecular weight is 423 g/mol. The fourth-order valence-electron chi connectivity index (χ4n) is 3.83. The Morgan fingerprint density at radius 2 is 0.760 bits per heavy atom. The first kappa shape index (κ1) is 27.6. The highest BCUT2D eigenvalue weighted by molar-refractivity contribution is 4.50. The normalized spacial score (nSPS) is 11.5. The highest BCUT2D eigenvalue weighted by atomic mass is 79.9. The van der Waals surface area contributed by atoms with E-state index < -0.39 is 0 Å². The third kappa shape index (κ3) is 16.3. The molecule has 0 rings (SSSR count). The number of nitrogens with zero attached hydrogens (tertiary/aromatic N) is 1. The summed E-state index contributed by atoms with van der Waals surface area (Å²) in [5.41, 5.74) is 0. The summed E-state index contributed by atoms with van der Waals surface area (Å²) in [6.45, 7) is 12.7. The zero-order chi connectivity index (χ0) is 17.9.